The predicted octanol–water partition coefficient (Wildman–Crippen LogP) is 1.46. The Morgan fingerprint density at radius 1 is 1.29 bits per heavy atom. The first-order valence-electron chi connectivity index (χ1n) is 5.54. The van der Waals surface area contributed by atoms with Gasteiger partial charge >= 0.3 is 0 Å². The van der Waals surface area contributed by atoms with E-state index in [-0.39, 0.29) is 11.1 Å². The zero-order valence-corrected chi connectivity index (χ0v) is 9.77. The molecule has 0 aliphatic heterocycles. The van der Waals surface area contributed by atoms with Crippen LogP contribution in [0.1, 0.15) is 34.6 Å². The van der Waals surface area contributed by atoms with E-state index in [4.69, 9.17) is 4.74 Å². The lowest BCUT2D eigenvalue weighted by Crippen LogP contribution is -2.21. The molecule has 1 atom stereocenters. The number of fused-ring (bicyclic) bond motifs is 1. The standard InChI is InChI=1S/C13H14O4/c1-7(2)6-17-9-5-3-4-8-10(9)12(15)13(16)11(8)14/h3-5,7,13,16H,6H2,1-2H3. The molecule has 4 nitrogen and oxygen atoms in total. The lowest BCUT2D eigenvalue weighted by atomic mass is 10.1. The number of rotatable bonds is 3. The van der Waals surface area contributed by atoms with Crippen LogP contribution in [0.25, 0.3) is 0 Å². The van der Waals surface area contributed by atoms with Crippen molar-refractivity contribution in [2.75, 3.05) is 6.61 Å². The zero-order chi connectivity index (χ0) is 12.6. The maximum absolute atomic E-state index is 11.7. The molecule has 1 unspecified atom stereocenters. The highest BCUT2D eigenvalue weighted by molar-refractivity contribution is 6.29. The van der Waals surface area contributed by atoms with Gasteiger partial charge in [-0.05, 0) is 12.0 Å². The van der Waals surface area contributed by atoms with Crippen LogP contribution >= 0.6 is 0 Å². The van der Waals surface area contributed by atoms with Crippen molar-refractivity contribution in [3.05, 3.63) is 29.3 Å². The van der Waals surface area contributed by atoms with Crippen molar-refractivity contribution in [1.82, 2.24) is 0 Å². The van der Waals surface area contributed by atoms with Crippen molar-refractivity contribution in [1.29, 1.82) is 0 Å². The molecule has 0 amide bonds. The summed E-state index contributed by atoms with van der Waals surface area (Å²) >= 11 is 0. The van der Waals surface area contributed by atoms with E-state index < -0.39 is 17.7 Å². The number of ketones is 2. The number of Topliss-reactive ketones (excluding diaryl/α,β-unsaturated/α-hetero) is 2. The van der Waals surface area contributed by atoms with Gasteiger partial charge < -0.3 is 9.84 Å². The van der Waals surface area contributed by atoms with Gasteiger partial charge in [0.25, 0.3) is 0 Å². The molecule has 0 bridgehead atoms. The molecule has 1 aromatic rings. The van der Waals surface area contributed by atoms with Crippen molar-refractivity contribution in [3.8, 4) is 5.75 Å². The van der Waals surface area contributed by atoms with Gasteiger partial charge in [0.05, 0.1) is 12.2 Å². The second-order valence-electron chi connectivity index (χ2n) is 4.51. The molecule has 4 heteroatoms. The third-order valence-corrected chi connectivity index (χ3v) is 2.61. The largest absolute Gasteiger partial charge is 0.493 e. The molecule has 2 rings (SSSR count). The van der Waals surface area contributed by atoms with Gasteiger partial charge in [0.2, 0.25) is 5.78 Å². The highest BCUT2D eigenvalue weighted by atomic mass is 16.5. The summed E-state index contributed by atoms with van der Waals surface area (Å²) in [6.45, 7) is 4.45. The summed E-state index contributed by atoms with van der Waals surface area (Å²) < 4.78 is 5.49. The lowest BCUT2D eigenvalue weighted by molar-refractivity contribution is 0.0662. The van der Waals surface area contributed by atoms with Gasteiger partial charge in [-0.25, -0.2) is 0 Å². The number of carbonyl (C=O) groups excluding carboxylic acids is 2. The molecule has 1 aliphatic rings. The molecule has 1 N–H and O–H groups in total. The summed E-state index contributed by atoms with van der Waals surface area (Å²) in [4.78, 5) is 23.3. The van der Waals surface area contributed by atoms with Crippen LogP contribution in [-0.2, 0) is 0 Å². The molecule has 0 heterocycles. The van der Waals surface area contributed by atoms with Crippen molar-refractivity contribution in [2.24, 2.45) is 5.92 Å². The molecule has 1 aliphatic carbocycles. The molecule has 0 fully saturated rings. The van der Waals surface area contributed by atoms with Crippen LogP contribution in [0.4, 0.5) is 0 Å². The maximum Gasteiger partial charge on any atom is 0.203 e. The number of aliphatic hydroxyl groups is 1. The van der Waals surface area contributed by atoms with Crippen molar-refractivity contribution >= 4 is 11.6 Å². The van der Waals surface area contributed by atoms with Crippen LogP contribution in [0.2, 0.25) is 0 Å². The van der Waals surface area contributed by atoms with Crippen LogP contribution in [0.5, 0.6) is 5.75 Å². The Kier molecular flexibility index (Phi) is 2.98. The monoisotopic (exact) mass is 234 g/mol. The van der Waals surface area contributed by atoms with Crippen LogP contribution < -0.4 is 4.74 Å². The molecule has 90 valence electrons. The van der Waals surface area contributed by atoms with E-state index in [0.29, 0.717) is 18.3 Å². The summed E-state index contributed by atoms with van der Waals surface area (Å²) in [6, 6.07) is 4.83. The van der Waals surface area contributed by atoms with E-state index in [2.05, 4.69) is 0 Å². The Balaban J connectivity index is 2.38. The number of carbonyl (C=O) groups is 2. The van der Waals surface area contributed by atoms with Crippen molar-refractivity contribution in [3.63, 3.8) is 0 Å². The van der Waals surface area contributed by atoms with Crippen molar-refractivity contribution in [2.45, 2.75) is 20.0 Å². The Morgan fingerprint density at radius 2 is 2.00 bits per heavy atom. The summed E-state index contributed by atoms with van der Waals surface area (Å²) in [5.41, 5.74) is 0.467. The maximum atomic E-state index is 11.7. The van der Waals surface area contributed by atoms with Gasteiger partial charge in [0, 0.05) is 5.56 Å². The minimum atomic E-state index is -1.56. The lowest BCUT2D eigenvalue weighted by Gasteiger charge is -2.11. The Bertz CT molecular complexity index is 476. The molecule has 0 radical (unpaired) electrons. The van der Waals surface area contributed by atoms with E-state index in [1.54, 1.807) is 12.1 Å². The van der Waals surface area contributed by atoms with Crippen LogP contribution in [0, 0.1) is 5.92 Å². The van der Waals surface area contributed by atoms with E-state index in [9.17, 15) is 14.7 Å². The summed E-state index contributed by atoms with van der Waals surface area (Å²) in [5, 5.41) is 9.43. The first-order valence-corrected chi connectivity index (χ1v) is 5.54. The smallest absolute Gasteiger partial charge is 0.203 e. The fourth-order valence-corrected chi connectivity index (χ4v) is 1.77. The molecule has 1 aromatic carbocycles. The summed E-state index contributed by atoms with van der Waals surface area (Å²) in [5.74, 6) is -0.404. The Labute approximate surface area is 99.2 Å². The third kappa shape index (κ3) is 1.96. The van der Waals surface area contributed by atoms with E-state index in [1.165, 1.54) is 6.07 Å². The SMILES string of the molecule is CC(C)COc1cccc2c1C(=O)C(O)C2=O. The van der Waals surface area contributed by atoms with Crippen molar-refractivity contribution < 1.29 is 19.4 Å². The third-order valence-electron chi connectivity index (χ3n) is 2.61. The molecule has 0 saturated carbocycles. The van der Waals surface area contributed by atoms with Gasteiger partial charge in [-0.15, -0.1) is 0 Å². The van der Waals surface area contributed by atoms with E-state index in [0.717, 1.165) is 0 Å². The first-order chi connectivity index (χ1) is 8.02. The highest BCUT2D eigenvalue weighted by Crippen LogP contribution is 2.30. The summed E-state index contributed by atoms with van der Waals surface area (Å²) in [7, 11) is 0. The topological polar surface area (TPSA) is 63.6 Å². The molecule has 0 saturated heterocycles. The quantitative estimate of drug-likeness (QED) is 0.804. The van der Waals surface area contributed by atoms with Crippen LogP contribution in [0.3, 0.4) is 0 Å². The number of ether oxygens (including phenoxy) is 1. The van der Waals surface area contributed by atoms with E-state index >= 15 is 0 Å². The molecule has 0 aromatic heterocycles. The zero-order valence-electron chi connectivity index (χ0n) is 9.77. The predicted molar refractivity (Wildman–Crippen MR) is 61.4 cm³/mol. The molecular formula is C13H14O4. The minimum absolute atomic E-state index is 0.214. The first kappa shape index (κ1) is 11.8. The number of hydrogen-bond acceptors (Lipinski definition) is 4. The number of benzene rings is 1. The van der Waals surface area contributed by atoms with Gasteiger partial charge in [-0.2, -0.15) is 0 Å². The van der Waals surface area contributed by atoms with Gasteiger partial charge in [-0.1, -0.05) is 26.0 Å². The fraction of sp³-hybridized carbons (Fsp3) is 0.385. The minimum Gasteiger partial charge on any atom is -0.493 e. The second-order valence-corrected chi connectivity index (χ2v) is 4.51. The molecular weight excluding hydrogens is 220 g/mol. The fourth-order valence-electron chi connectivity index (χ4n) is 1.77. The average Bonchev–Trinajstić information content (AvgIpc) is 2.52. The Morgan fingerprint density at radius 3 is 2.65 bits per heavy atom. The molecule has 0 spiro atoms. The normalized spacial score (nSPS) is 18.7. The Hall–Kier alpha value is -1.68. The van der Waals surface area contributed by atoms with Gasteiger partial charge in [-0.3, -0.25) is 9.59 Å². The van der Waals surface area contributed by atoms with Gasteiger partial charge in [0.15, 0.2) is 11.9 Å². The second kappa shape index (κ2) is 4.30. The molecule has 17 heavy (non-hydrogen) atoms. The average molecular weight is 234 g/mol. The van der Waals surface area contributed by atoms with Crippen LogP contribution in [-0.4, -0.2) is 29.4 Å². The number of hydrogen-bond donors (Lipinski definition) is 1. The van der Waals surface area contributed by atoms with Crippen LogP contribution in [0.15, 0.2) is 18.2 Å². The van der Waals surface area contributed by atoms with E-state index in [1.807, 2.05) is 13.8 Å². The van der Waals surface area contributed by atoms with Gasteiger partial charge in [0.1, 0.15) is 5.75 Å². The highest BCUT2D eigenvalue weighted by Gasteiger charge is 2.39. The summed E-state index contributed by atoms with van der Waals surface area (Å²) in [6.07, 6.45) is -1.56. The number of aliphatic hydroxyl groups excluding tert-OH is 1.